The Morgan fingerprint density at radius 3 is 2.77 bits per heavy atom. The third-order valence-electron chi connectivity index (χ3n) is 4.92. The number of anilines is 1. The summed E-state index contributed by atoms with van der Waals surface area (Å²) in [5, 5.41) is 5.83. The van der Waals surface area contributed by atoms with Crippen molar-refractivity contribution >= 4 is 17.5 Å². The third kappa shape index (κ3) is 3.49. The van der Waals surface area contributed by atoms with E-state index in [9.17, 15) is 9.59 Å². The fraction of sp³-hybridized carbons (Fsp3) is 0.450. The normalized spacial score (nSPS) is 13.2. The summed E-state index contributed by atoms with van der Waals surface area (Å²) in [5.74, 6) is -0.112. The zero-order valence-corrected chi connectivity index (χ0v) is 15.7. The topological polar surface area (TPSA) is 76.0 Å². The summed E-state index contributed by atoms with van der Waals surface area (Å²) in [6, 6.07) is 5.82. The molecule has 0 atom stereocenters. The predicted octanol–water partition coefficient (Wildman–Crippen LogP) is 3.23. The molecule has 6 nitrogen and oxygen atoms in total. The lowest BCUT2D eigenvalue weighted by molar-refractivity contribution is 0.0937. The molecule has 0 aliphatic carbocycles. The number of imidazole rings is 1. The summed E-state index contributed by atoms with van der Waals surface area (Å²) in [5.41, 5.74) is 4.17. The van der Waals surface area contributed by atoms with Crippen LogP contribution in [0.2, 0.25) is 0 Å². The van der Waals surface area contributed by atoms with Crippen LogP contribution in [0.5, 0.6) is 0 Å². The van der Waals surface area contributed by atoms with Gasteiger partial charge in [-0.1, -0.05) is 19.1 Å². The lowest BCUT2D eigenvalue weighted by atomic mass is 10.1. The number of aryl methyl sites for hydroxylation is 1. The van der Waals surface area contributed by atoms with Crippen LogP contribution in [-0.2, 0) is 13.0 Å². The van der Waals surface area contributed by atoms with Crippen LogP contribution in [-0.4, -0.2) is 27.9 Å². The monoisotopic (exact) mass is 354 g/mol. The minimum atomic E-state index is -0.251. The van der Waals surface area contributed by atoms with Crippen LogP contribution >= 0.6 is 0 Å². The maximum absolute atomic E-state index is 12.9. The van der Waals surface area contributed by atoms with Gasteiger partial charge in [0.25, 0.3) is 11.8 Å². The molecule has 1 aromatic carbocycles. The van der Waals surface area contributed by atoms with E-state index in [-0.39, 0.29) is 11.8 Å². The van der Waals surface area contributed by atoms with Crippen LogP contribution in [0.25, 0.3) is 0 Å². The fourth-order valence-corrected chi connectivity index (χ4v) is 3.28. The summed E-state index contributed by atoms with van der Waals surface area (Å²) in [4.78, 5) is 29.8. The predicted molar refractivity (Wildman–Crippen MR) is 102 cm³/mol. The van der Waals surface area contributed by atoms with Gasteiger partial charge >= 0.3 is 0 Å². The average molecular weight is 354 g/mol. The van der Waals surface area contributed by atoms with Crippen molar-refractivity contribution in [2.45, 2.75) is 53.0 Å². The van der Waals surface area contributed by atoms with Crippen molar-refractivity contribution in [3.8, 4) is 0 Å². The highest BCUT2D eigenvalue weighted by Crippen LogP contribution is 2.23. The van der Waals surface area contributed by atoms with E-state index < -0.39 is 0 Å². The van der Waals surface area contributed by atoms with Gasteiger partial charge in [0.1, 0.15) is 0 Å². The molecule has 1 aliphatic rings. The van der Waals surface area contributed by atoms with Crippen molar-refractivity contribution in [2.24, 2.45) is 0 Å². The van der Waals surface area contributed by atoms with E-state index in [1.807, 2.05) is 43.5 Å². The number of amides is 2. The van der Waals surface area contributed by atoms with Crippen molar-refractivity contribution in [2.75, 3.05) is 11.9 Å². The fourth-order valence-electron chi connectivity index (χ4n) is 3.28. The molecular formula is C20H26N4O2. The van der Waals surface area contributed by atoms with Gasteiger partial charge in [0.05, 0.1) is 5.69 Å². The van der Waals surface area contributed by atoms with Crippen LogP contribution in [0, 0.1) is 13.8 Å². The van der Waals surface area contributed by atoms with Crippen molar-refractivity contribution in [1.29, 1.82) is 0 Å². The number of fused-ring (bicyclic) bond motifs is 1. The Hall–Kier alpha value is -2.63. The average Bonchev–Trinajstić information content (AvgIpc) is 3.03. The van der Waals surface area contributed by atoms with Gasteiger partial charge in [-0.2, -0.15) is 0 Å². The lowest BCUT2D eigenvalue weighted by Gasteiger charge is -2.17. The Balaban J connectivity index is 1.91. The molecule has 0 radical (unpaired) electrons. The van der Waals surface area contributed by atoms with Crippen LogP contribution in [0.3, 0.4) is 0 Å². The number of carbonyl (C=O) groups excluding carboxylic acids is 2. The second kappa shape index (κ2) is 7.72. The van der Waals surface area contributed by atoms with Crippen molar-refractivity contribution in [3.05, 3.63) is 46.5 Å². The highest BCUT2D eigenvalue weighted by molar-refractivity contribution is 6.05. The molecule has 0 saturated heterocycles. The number of nitrogens with zero attached hydrogens (tertiary/aromatic N) is 2. The molecule has 1 aliphatic heterocycles. The second-order valence-corrected chi connectivity index (χ2v) is 6.80. The number of nitrogens with one attached hydrogen (secondary N) is 2. The SMILES string of the molecule is CCCNC(=O)c1nc(C(=O)Nc2cccc(C)c2C)c2n1CCCC2. The molecule has 6 heteroatoms. The van der Waals surface area contributed by atoms with E-state index in [2.05, 4.69) is 15.6 Å². The summed E-state index contributed by atoms with van der Waals surface area (Å²) < 4.78 is 1.91. The van der Waals surface area contributed by atoms with E-state index in [1.165, 1.54) is 0 Å². The first-order valence-electron chi connectivity index (χ1n) is 9.28. The Morgan fingerprint density at radius 2 is 2.00 bits per heavy atom. The minimum Gasteiger partial charge on any atom is -0.349 e. The molecule has 0 saturated carbocycles. The zero-order chi connectivity index (χ0) is 18.7. The zero-order valence-electron chi connectivity index (χ0n) is 15.7. The largest absolute Gasteiger partial charge is 0.349 e. The number of benzene rings is 1. The van der Waals surface area contributed by atoms with E-state index >= 15 is 0 Å². The quantitative estimate of drug-likeness (QED) is 0.865. The molecule has 2 heterocycles. The first-order chi connectivity index (χ1) is 12.5. The van der Waals surface area contributed by atoms with Crippen molar-refractivity contribution in [3.63, 3.8) is 0 Å². The Bertz CT molecular complexity index is 839. The second-order valence-electron chi connectivity index (χ2n) is 6.80. The smallest absolute Gasteiger partial charge is 0.287 e. The van der Waals surface area contributed by atoms with Crippen molar-refractivity contribution in [1.82, 2.24) is 14.9 Å². The first-order valence-corrected chi connectivity index (χ1v) is 9.28. The van der Waals surface area contributed by atoms with Crippen molar-refractivity contribution < 1.29 is 9.59 Å². The molecule has 138 valence electrons. The van der Waals surface area contributed by atoms with Gasteiger partial charge in [0.15, 0.2) is 11.5 Å². The van der Waals surface area contributed by atoms with Gasteiger partial charge in [-0.05, 0) is 56.7 Å². The number of aromatic nitrogens is 2. The van der Waals surface area contributed by atoms with E-state index in [1.54, 1.807) is 0 Å². The number of hydrogen-bond donors (Lipinski definition) is 2. The molecule has 2 amide bonds. The lowest BCUT2D eigenvalue weighted by Crippen LogP contribution is -2.28. The maximum Gasteiger partial charge on any atom is 0.287 e. The van der Waals surface area contributed by atoms with Gasteiger partial charge in [0, 0.05) is 18.8 Å². The summed E-state index contributed by atoms with van der Waals surface area (Å²) >= 11 is 0. The molecule has 0 fully saturated rings. The molecule has 0 bridgehead atoms. The Morgan fingerprint density at radius 1 is 1.19 bits per heavy atom. The van der Waals surface area contributed by atoms with Crippen LogP contribution in [0.4, 0.5) is 5.69 Å². The number of hydrogen-bond acceptors (Lipinski definition) is 3. The highest BCUT2D eigenvalue weighted by atomic mass is 16.2. The third-order valence-corrected chi connectivity index (χ3v) is 4.92. The summed E-state index contributed by atoms with van der Waals surface area (Å²) in [6.45, 7) is 7.33. The van der Waals surface area contributed by atoms with Gasteiger partial charge < -0.3 is 15.2 Å². The van der Waals surface area contributed by atoms with Gasteiger partial charge in [-0.15, -0.1) is 0 Å². The van der Waals surface area contributed by atoms with E-state index in [0.29, 0.717) is 18.1 Å². The molecule has 0 spiro atoms. The summed E-state index contributed by atoms with van der Waals surface area (Å²) in [6.07, 6.45) is 3.63. The van der Waals surface area contributed by atoms with Gasteiger partial charge in [0.2, 0.25) is 0 Å². The van der Waals surface area contributed by atoms with Crippen LogP contribution < -0.4 is 10.6 Å². The highest BCUT2D eigenvalue weighted by Gasteiger charge is 2.27. The molecule has 26 heavy (non-hydrogen) atoms. The maximum atomic E-state index is 12.9. The molecule has 2 N–H and O–H groups in total. The molecule has 1 aromatic heterocycles. The minimum absolute atomic E-state index is 0.208. The summed E-state index contributed by atoms with van der Waals surface area (Å²) in [7, 11) is 0. The first kappa shape index (κ1) is 18.2. The van der Waals surface area contributed by atoms with E-state index in [0.717, 1.165) is 54.7 Å². The Kier molecular flexibility index (Phi) is 5.40. The van der Waals surface area contributed by atoms with Gasteiger partial charge in [-0.3, -0.25) is 9.59 Å². The molecule has 0 unspecified atom stereocenters. The molecular weight excluding hydrogens is 328 g/mol. The molecule has 2 aromatic rings. The van der Waals surface area contributed by atoms with Crippen LogP contribution in [0.15, 0.2) is 18.2 Å². The number of carbonyl (C=O) groups is 2. The Labute approximate surface area is 154 Å². The number of rotatable bonds is 5. The standard InChI is InChI=1S/C20H26N4O2/c1-4-11-21-20(26)18-23-17(16-10-5-6-12-24(16)18)19(25)22-15-9-7-8-13(2)14(15)3/h7-9H,4-6,10-12H2,1-3H3,(H,21,26)(H,22,25). The van der Waals surface area contributed by atoms with E-state index in [4.69, 9.17) is 0 Å². The molecule has 3 rings (SSSR count). The van der Waals surface area contributed by atoms with Gasteiger partial charge in [-0.25, -0.2) is 4.98 Å². The van der Waals surface area contributed by atoms with Crippen LogP contribution in [0.1, 0.15) is 64.1 Å².